The molecule has 1 atom stereocenters. The maximum Gasteiger partial charge on any atom is 0.120 e. The molecule has 15 heavy (non-hydrogen) atoms. The average molecular weight is 248 g/mol. The van der Waals surface area contributed by atoms with Crippen molar-refractivity contribution in [3.05, 3.63) is 34.9 Å². The van der Waals surface area contributed by atoms with Gasteiger partial charge in [0.05, 0.1) is 6.61 Å². The standard InChI is InChI=1S/C11H14ClNO.ClH/c1-11(13-6-7-14-11)8-9-4-2-3-5-10(9)12;/h2-5,13H,6-8H2,1H3;1H. The molecule has 84 valence electrons. The lowest BCUT2D eigenvalue weighted by molar-refractivity contribution is 0.00703. The Morgan fingerprint density at radius 3 is 2.80 bits per heavy atom. The van der Waals surface area contributed by atoms with Gasteiger partial charge in [0, 0.05) is 18.0 Å². The lowest BCUT2D eigenvalue weighted by Gasteiger charge is -2.24. The topological polar surface area (TPSA) is 21.3 Å². The van der Waals surface area contributed by atoms with Crippen molar-refractivity contribution < 1.29 is 4.74 Å². The molecule has 1 fully saturated rings. The molecule has 0 amide bonds. The lowest BCUT2D eigenvalue weighted by Crippen LogP contribution is -2.39. The molecule has 1 unspecified atom stereocenters. The number of rotatable bonds is 2. The fraction of sp³-hybridized carbons (Fsp3) is 0.455. The summed E-state index contributed by atoms with van der Waals surface area (Å²) in [5, 5.41) is 4.14. The number of hydrogen-bond acceptors (Lipinski definition) is 2. The van der Waals surface area contributed by atoms with Gasteiger partial charge in [-0.05, 0) is 18.6 Å². The first kappa shape index (κ1) is 12.8. The molecule has 1 heterocycles. The zero-order valence-corrected chi connectivity index (χ0v) is 10.2. The monoisotopic (exact) mass is 247 g/mol. The Morgan fingerprint density at radius 1 is 1.47 bits per heavy atom. The van der Waals surface area contributed by atoms with Gasteiger partial charge in [-0.25, -0.2) is 0 Å². The minimum Gasteiger partial charge on any atom is -0.359 e. The number of nitrogens with one attached hydrogen (secondary N) is 1. The van der Waals surface area contributed by atoms with E-state index in [-0.39, 0.29) is 18.1 Å². The van der Waals surface area contributed by atoms with Gasteiger partial charge < -0.3 is 4.74 Å². The van der Waals surface area contributed by atoms with Gasteiger partial charge in [0.1, 0.15) is 5.72 Å². The Kier molecular flexibility index (Phi) is 4.41. The molecule has 0 bridgehead atoms. The predicted molar refractivity (Wildman–Crippen MR) is 64.8 cm³/mol. The molecule has 1 aromatic carbocycles. The third-order valence-electron chi connectivity index (χ3n) is 2.51. The molecule has 1 N–H and O–H groups in total. The van der Waals surface area contributed by atoms with Crippen molar-refractivity contribution in [1.29, 1.82) is 0 Å². The highest BCUT2D eigenvalue weighted by atomic mass is 35.5. The molecule has 1 saturated heterocycles. The van der Waals surface area contributed by atoms with Crippen LogP contribution in [0.2, 0.25) is 5.02 Å². The van der Waals surface area contributed by atoms with Gasteiger partial charge in [0.2, 0.25) is 0 Å². The van der Waals surface area contributed by atoms with Crippen LogP contribution in [0.15, 0.2) is 24.3 Å². The summed E-state index contributed by atoms with van der Waals surface area (Å²) in [6.07, 6.45) is 0.812. The number of halogens is 2. The normalized spacial score (nSPS) is 24.9. The summed E-state index contributed by atoms with van der Waals surface area (Å²) in [6.45, 7) is 3.76. The second-order valence-corrected chi connectivity index (χ2v) is 4.18. The molecule has 2 rings (SSSR count). The molecule has 0 spiro atoms. The van der Waals surface area contributed by atoms with Crippen molar-refractivity contribution in [2.45, 2.75) is 19.1 Å². The van der Waals surface area contributed by atoms with E-state index < -0.39 is 0 Å². The molecular formula is C11H15Cl2NO. The summed E-state index contributed by atoms with van der Waals surface area (Å²) in [6, 6.07) is 7.89. The van der Waals surface area contributed by atoms with Crippen molar-refractivity contribution in [2.75, 3.05) is 13.2 Å². The number of hydrogen-bond donors (Lipinski definition) is 1. The van der Waals surface area contributed by atoms with Crippen LogP contribution in [-0.2, 0) is 11.2 Å². The highest BCUT2D eigenvalue weighted by Crippen LogP contribution is 2.23. The molecule has 4 heteroatoms. The van der Waals surface area contributed by atoms with Gasteiger partial charge in [-0.1, -0.05) is 29.8 Å². The largest absolute Gasteiger partial charge is 0.359 e. The van der Waals surface area contributed by atoms with Crippen LogP contribution in [0.4, 0.5) is 0 Å². The van der Waals surface area contributed by atoms with Crippen LogP contribution in [0.25, 0.3) is 0 Å². The van der Waals surface area contributed by atoms with E-state index in [0.717, 1.165) is 30.2 Å². The van der Waals surface area contributed by atoms with Gasteiger partial charge in [-0.2, -0.15) is 0 Å². The Bertz CT molecular complexity index is 324. The van der Waals surface area contributed by atoms with E-state index >= 15 is 0 Å². The smallest absolute Gasteiger partial charge is 0.120 e. The molecule has 0 aliphatic carbocycles. The van der Waals surface area contributed by atoms with Gasteiger partial charge in [0.25, 0.3) is 0 Å². The quantitative estimate of drug-likeness (QED) is 0.868. The minimum atomic E-state index is -0.245. The number of ether oxygens (including phenoxy) is 1. The summed E-state index contributed by atoms with van der Waals surface area (Å²) in [5.74, 6) is 0. The molecule has 0 saturated carbocycles. The van der Waals surface area contributed by atoms with E-state index in [4.69, 9.17) is 16.3 Å². The maximum absolute atomic E-state index is 6.08. The fourth-order valence-corrected chi connectivity index (χ4v) is 1.96. The molecule has 0 aromatic heterocycles. The van der Waals surface area contributed by atoms with Gasteiger partial charge in [0.15, 0.2) is 0 Å². The second-order valence-electron chi connectivity index (χ2n) is 3.77. The van der Waals surface area contributed by atoms with Crippen LogP contribution in [0.5, 0.6) is 0 Å². The van der Waals surface area contributed by atoms with Crippen molar-refractivity contribution >= 4 is 24.0 Å². The van der Waals surface area contributed by atoms with E-state index in [1.54, 1.807) is 0 Å². The van der Waals surface area contributed by atoms with Gasteiger partial charge in [-0.3, -0.25) is 5.32 Å². The average Bonchev–Trinajstić information content (AvgIpc) is 2.57. The summed E-state index contributed by atoms with van der Waals surface area (Å²) in [5.41, 5.74) is 0.886. The first-order chi connectivity index (χ1) is 6.70. The van der Waals surface area contributed by atoms with Gasteiger partial charge >= 0.3 is 0 Å². The Balaban J connectivity index is 0.00000112. The molecular weight excluding hydrogens is 233 g/mol. The van der Waals surface area contributed by atoms with Crippen molar-refractivity contribution in [3.63, 3.8) is 0 Å². The molecule has 2 nitrogen and oxygen atoms in total. The Hall–Kier alpha value is -0.280. The van der Waals surface area contributed by atoms with E-state index in [1.807, 2.05) is 24.3 Å². The highest BCUT2D eigenvalue weighted by Gasteiger charge is 2.29. The van der Waals surface area contributed by atoms with E-state index in [1.165, 1.54) is 0 Å². The molecule has 1 aliphatic rings. The SMILES string of the molecule is CC1(Cc2ccccc2Cl)NCCO1.Cl. The van der Waals surface area contributed by atoms with Crippen LogP contribution >= 0.6 is 24.0 Å². The van der Waals surface area contributed by atoms with Crippen LogP contribution in [0.3, 0.4) is 0 Å². The third kappa shape index (κ3) is 3.08. The van der Waals surface area contributed by atoms with Crippen LogP contribution in [0.1, 0.15) is 12.5 Å². The molecule has 0 radical (unpaired) electrons. The fourth-order valence-electron chi connectivity index (χ4n) is 1.76. The highest BCUT2D eigenvalue weighted by molar-refractivity contribution is 6.31. The number of benzene rings is 1. The zero-order valence-electron chi connectivity index (χ0n) is 8.63. The van der Waals surface area contributed by atoms with Crippen molar-refractivity contribution in [3.8, 4) is 0 Å². The molecule has 1 aliphatic heterocycles. The van der Waals surface area contributed by atoms with Crippen LogP contribution in [0, 0.1) is 0 Å². The molecule has 1 aromatic rings. The first-order valence-electron chi connectivity index (χ1n) is 4.82. The van der Waals surface area contributed by atoms with Crippen molar-refractivity contribution in [2.24, 2.45) is 0 Å². The lowest BCUT2D eigenvalue weighted by atomic mass is 10.0. The Morgan fingerprint density at radius 2 is 2.20 bits per heavy atom. The summed E-state index contributed by atoms with van der Waals surface area (Å²) < 4.78 is 5.63. The summed E-state index contributed by atoms with van der Waals surface area (Å²) in [4.78, 5) is 0. The van der Waals surface area contributed by atoms with Gasteiger partial charge in [-0.15, -0.1) is 12.4 Å². The van der Waals surface area contributed by atoms with Crippen molar-refractivity contribution in [1.82, 2.24) is 5.32 Å². The van der Waals surface area contributed by atoms with Crippen LogP contribution < -0.4 is 5.32 Å². The summed E-state index contributed by atoms with van der Waals surface area (Å²) >= 11 is 6.08. The second kappa shape index (κ2) is 5.17. The first-order valence-corrected chi connectivity index (χ1v) is 5.20. The van der Waals surface area contributed by atoms with E-state index in [0.29, 0.717) is 0 Å². The van der Waals surface area contributed by atoms with E-state index in [2.05, 4.69) is 12.2 Å². The minimum absolute atomic E-state index is 0. The Labute approximate surface area is 101 Å². The van der Waals surface area contributed by atoms with E-state index in [9.17, 15) is 0 Å². The predicted octanol–water partition coefficient (Wildman–Crippen LogP) is 2.64. The maximum atomic E-state index is 6.08. The van der Waals surface area contributed by atoms with Crippen LogP contribution in [-0.4, -0.2) is 18.9 Å². The summed E-state index contributed by atoms with van der Waals surface area (Å²) in [7, 11) is 0. The zero-order chi connectivity index (χ0) is 10.0. The third-order valence-corrected chi connectivity index (χ3v) is 2.88.